The van der Waals surface area contributed by atoms with Gasteiger partial charge in [0.2, 0.25) is 0 Å². The summed E-state index contributed by atoms with van der Waals surface area (Å²) in [6.07, 6.45) is 7.70. The van der Waals surface area contributed by atoms with Gasteiger partial charge in [-0.15, -0.1) is 11.3 Å². The van der Waals surface area contributed by atoms with Crippen LogP contribution in [0, 0.1) is 0 Å². The Kier molecular flexibility index (Phi) is 3.45. The molecular weight excluding hydrogens is 232 g/mol. The van der Waals surface area contributed by atoms with Gasteiger partial charge in [-0.2, -0.15) is 0 Å². The second-order valence-electron chi connectivity index (χ2n) is 5.09. The maximum absolute atomic E-state index is 5.80. The van der Waals surface area contributed by atoms with E-state index < -0.39 is 0 Å². The lowest BCUT2D eigenvalue weighted by molar-refractivity contribution is 0.0167. The lowest BCUT2D eigenvalue weighted by atomic mass is 10.1. The molecule has 94 valence electrons. The van der Waals surface area contributed by atoms with Crippen molar-refractivity contribution in [3.63, 3.8) is 0 Å². The predicted octanol–water partition coefficient (Wildman–Crippen LogP) is 2.59. The third-order valence-corrected chi connectivity index (χ3v) is 4.71. The molecule has 2 fully saturated rings. The summed E-state index contributed by atoms with van der Waals surface area (Å²) < 4.78 is 5.78. The molecule has 0 amide bonds. The first-order valence-electron chi connectivity index (χ1n) is 6.67. The number of aromatic nitrogens is 1. The summed E-state index contributed by atoms with van der Waals surface area (Å²) in [7, 11) is 0. The Morgan fingerprint density at radius 1 is 1.29 bits per heavy atom. The van der Waals surface area contributed by atoms with Gasteiger partial charge in [-0.3, -0.25) is 0 Å². The van der Waals surface area contributed by atoms with Crippen LogP contribution in [0.3, 0.4) is 0 Å². The second kappa shape index (κ2) is 5.04. The molecular formula is C13H20N2OS. The van der Waals surface area contributed by atoms with Crippen molar-refractivity contribution in [2.45, 2.75) is 57.1 Å². The van der Waals surface area contributed by atoms with E-state index in [4.69, 9.17) is 15.5 Å². The first kappa shape index (κ1) is 11.6. The van der Waals surface area contributed by atoms with E-state index in [0.717, 1.165) is 13.0 Å². The minimum Gasteiger partial charge on any atom is -0.378 e. The lowest BCUT2D eigenvalue weighted by Crippen LogP contribution is -2.21. The Hall–Kier alpha value is -0.450. The maximum Gasteiger partial charge on any atom is 0.0957 e. The zero-order valence-electron chi connectivity index (χ0n) is 10.2. The van der Waals surface area contributed by atoms with Crippen molar-refractivity contribution in [3.05, 3.63) is 15.6 Å². The van der Waals surface area contributed by atoms with Crippen molar-refractivity contribution in [2.24, 2.45) is 5.73 Å². The zero-order valence-corrected chi connectivity index (χ0v) is 11.0. The highest BCUT2D eigenvalue weighted by Gasteiger charge is 2.29. The molecule has 2 N–H and O–H groups in total. The molecule has 1 aromatic rings. The first-order valence-corrected chi connectivity index (χ1v) is 7.48. The molecule has 3 nitrogen and oxygen atoms in total. The van der Waals surface area contributed by atoms with Crippen LogP contribution in [0.4, 0.5) is 0 Å². The van der Waals surface area contributed by atoms with Gasteiger partial charge in [0.05, 0.1) is 16.8 Å². The Morgan fingerprint density at radius 2 is 2.18 bits per heavy atom. The average Bonchev–Trinajstić information content (AvgIpc) is 3.13. The van der Waals surface area contributed by atoms with Crippen LogP contribution in [-0.2, 0) is 17.7 Å². The van der Waals surface area contributed by atoms with Gasteiger partial charge >= 0.3 is 0 Å². The fourth-order valence-electron chi connectivity index (χ4n) is 2.49. The van der Waals surface area contributed by atoms with Crippen LogP contribution in [0.5, 0.6) is 0 Å². The van der Waals surface area contributed by atoms with Crippen molar-refractivity contribution in [2.75, 3.05) is 6.61 Å². The van der Waals surface area contributed by atoms with Crippen molar-refractivity contribution in [3.8, 4) is 0 Å². The number of ether oxygens (including phenoxy) is 1. The lowest BCUT2D eigenvalue weighted by Gasteiger charge is -2.21. The average molecular weight is 252 g/mol. The molecule has 0 aromatic carbocycles. The van der Waals surface area contributed by atoms with Crippen LogP contribution in [0.15, 0.2) is 0 Å². The Labute approximate surface area is 106 Å². The second-order valence-corrected chi connectivity index (χ2v) is 6.26. The standard InChI is InChI=1S/C13H20N2OS/c14-8-11-13(9-4-5-9)15-12(17-11)7-10-3-1-2-6-16-10/h9-10H,1-8,14H2. The van der Waals surface area contributed by atoms with Gasteiger partial charge in [-0.25, -0.2) is 4.98 Å². The van der Waals surface area contributed by atoms with Crippen molar-refractivity contribution < 1.29 is 4.74 Å². The highest BCUT2D eigenvalue weighted by molar-refractivity contribution is 7.11. The van der Waals surface area contributed by atoms with Crippen LogP contribution in [0.1, 0.15) is 53.6 Å². The highest BCUT2D eigenvalue weighted by atomic mass is 32.1. The fraction of sp³-hybridized carbons (Fsp3) is 0.769. The van der Waals surface area contributed by atoms with Crippen molar-refractivity contribution in [1.29, 1.82) is 0 Å². The van der Waals surface area contributed by atoms with Crippen LogP contribution >= 0.6 is 11.3 Å². The van der Waals surface area contributed by atoms with Gasteiger partial charge in [0, 0.05) is 30.4 Å². The third kappa shape index (κ3) is 2.69. The molecule has 1 unspecified atom stereocenters. The molecule has 2 aliphatic rings. The molecule has 0 bridgehead atoms. The topological polar surface area (TPSA) is 48.1 Å². The molecule has 3 rings (SSSR count). The smallest absolute Gasteiger partial charge is 0.0957 e. The molecule has 17 heavy (non-hydrogen) atoms. The van der Waals surface area contributed by atoms with Crippen LogP contribution < -0.4 is 5.73 Å². The Balaban J connectivity index is 1.69. The largest absolute Gasteiger partial charge is 0.378 e. The summed E-state index contributed by atoms with van der Waals surface area (Å²) in [5, 5.41) is 1.24. The van der Waals surface area contributed by atoms with E-state index in [1.54, 1.807) is 11.3 Å². The molecule has 1 atom stereocenters. The van der Waals surface area contributed by atoms with Crippen LogP contribution in [-0.4, -0.2) is 17.7 Å². The first-order chi connectivity index (χ1) is 8.36. The summed E-state index contributed by atoms with van der Waals surface area (Å²) in [6.45, 7) is 1.57. The van der Waals surface area contributed by atoms with E-state index in [0.29, 0.717) is 18.6 Å². The zero-order chi connectivity index (χ0) is 11.7. The quantitative estimate of drug-likeness (QED) is 0.896. The van der Waals surface area contributed by atoms with Gasteiger partial charge in [0.25, 0.3) is 0 Å². The van der Waals surface area contributed by atoms with E-state index in [2.05, 4.69) is 0 Å². The Morgan fingerprint density at radius 3 is 2.82 bits per heavy atom. The van der Waals surface area contributed by atoms with E-state index >= 15 is 0 Å². The van der Waals surface area contributed by atoms with Gasteiger partial charge < -0.3 is 10.5 Å². The summed E-state index contributed by atoms with van der Waals surface area (Å²) in [4.78, 5) is 6.10. The third-order valence-electron chi connectivity index (χ3n) is 3.60. The highest BCUT2D eigenvalue weighted by Crippen LogP contribution is 2.42. The SMILES string of the molecule is NCc1sc(CC2CCCCO2)nc1C1CC1. The molecule has 1 aliphatic heterocycles. The van der Waals surface area contributed by atoms with Gasteiger partial charge in [-0.1, -0.05) is 0 Å². The van der Waals surface area contributed by atoms with E-state index in [9.17, 15) is 0 Å². The molecule has 1 aromatic heterocycles. The minimum atomic E-state index is 0.396. The van der Waals surface area contributed by atoms with Crippen molar-refractivity contribution >= 4 is 11.3 Å². The van der Waals surface area contributed by atoms with E-state index in [1.165, 1.54) is 47.7 Å². The maximum atomic E-state index is 5.80. The number of hydrogen-bond donors (Lipinski definition) is 1. The van der Waals surface area contributed by atoms with Gasteiger partial charge in [0.15, 0.2) is 0 Å². The van der Waals surface area contributed by atoms with Crippen molar-refractivity contribution in [1.82, 2.24) is 4.98 Å². The number of thiazole rings is 1. The molecule has 0 radical (unpaired) electrons. The number of rotatable bonds is 4. The predicted molar refractivity (Wildman–Crippen MR) is 69.3 cm³/mol. The Bertz CT molecular complexity index is 381. The van der Waals surface area contributed by atoms with Crippen LogP contribution in [0.2, 0.25) is 0 Å². The number of nitrogens with two attached hydrogens (primary N) is 1. The normalized spacial score (nSPS) is 25.1. The molecule has 1 saturated heterocycles. The van der Waals surface area contributed by atoms with E-state index in [1.807, 2.05) is 0 Å². The monoisotopic (exact) mass is 252 g/mol. The van der Waals surface area contributed by atoms with Gasteiger partial charge in [0.1, 0.15) is 0 Å². The minimum absolute atomic E-state index is 0.396. The summed E-state index contributed by atoms with van der Waals surface area (Å²) in [5.74, 6) is 0.714. The number of hydrogen-bond acceptors (Lipinski definition) is 4. The molecule has 1 saturated carbocycles. The molecule has 1 aliphatic carbocycles. The molecule has 0 spiro atoms. The summed E-state index contributed by atoms with van der Waals surface area (Å²) in [5.41, 5.74) is 7.10. The van der Waals surface area contributed by atoms with Crippen LogP contribution in [0.25, 0.3) is 0 Å². The fourth-order valence-corrected chi connectivity index (χ4v) is 3.58. The molecule has 2 heterocycles. The number of nitrogens with zero attached hydrogens (tertiary/aromatic N) is 1. The van der Waals surface area contributed by atoms with Gasteiger partial charge in [-0.05, 0) is 32.1 Å². The summed E-state index contributed by atoms with van der Waals surface area (Å²) in [6, 6.07) is 0. The summed E-state index contributed by atoms with van der Waals surface area (Å²) >= 11 is 1.81. The van der Waals surface area contributed by atoms with E-state index in [-0.39, 0.29) is 0 Å². The molecule has 4 heteroatoms.